The van der Waals surface area contributed by atoms with Crippen LogP contribution < -0.4 is 10.6 Å². The van der Waals surface area contributed by atoms with E-state index in [1.807, 2.05) is 11.8 Å². The van der Waals surface area contributed by atoms with Gasteiger partial charge in [0.05, 0.1) is 4.90 Å². The van der Waals surface area contributed by atoms with Gasteiger partial charge < -0.3 is 10.6 Å². The van der Waals surface area contributed by atoms with E-state index in [1.54, 1.807) is 12.1 Å². The van der Waals surface area contributed by atoms with Crippen molar-refractivity contribution in [3.05, 3.63) is 24.3 Å². The Morgan fingerprint density at radius 3 is 2.65 bits per heavy atom. The zero-order valence-corrected chi connectivity index (χ0v) is 12.9. The highest BCUT2D eigenvalue weighted by Crippen LogP contribution is 2.18. The predicted octanol–water partition coefficient (Wildman–Crippen LogP) is 2.11. The third-order valence-electron chi connectivity index (χ3n) is 3.08. The van der Waals surface area contributed by atoms with Crippen molar-refractivity contribution in [2.24, 2.45) is 0 Å². The van der Waals surface area contributed by atoms with E-state index in [9.17, 15) is 13.2 Å². The van der Waals surface area contributed by atoms with Crippen LogP contribution in [0.3, 0.4) is 0 Å². The minimum absolute atomic E-state index is 0.198. The number of nitrogens with one attached hydrogen (secondary N) is 2. The smallest absolute Gasteiger partial charge is 0.319 e. The van der Waals surface area contributed by atoms with E-state index in [2.05, 4.69) is 10.6 Å². The van der Waals surface area contributed by atoms with Crippen LogP contribution in [0.4, 0.5) is 10.5 Å². The van der Waals surface area contributed by atoms with E-state index in [0.29, 0.717) is 5.69 Å². The lowest BCUT2D eigenvalue weighted by atomic mass is 10.2. The number of hydrogen-bond donors (Lipinski definition) is 2. The van der Waals surface area contributed by atoms with E-state index >= 15 is 0 Å². The molecule has 0 unspecified atom stereocenters. The normalized spacial score (nSPS) is 16.6. The topological polar surface area (TPSA) is 75.3 Å². The number of anilines is 1. The Morgan fingerprint density at radius 2 is 2.00 bits per heavy atom. The first kappa shape index (κ1) is 15.2. The van der Waals surface area contributed by atoms with E-state index in [1.165, 1.54) is 12.1 Å². The molecule has 1 saturated heterocycles. The molecule has 5 nitrogen and oxygen atoms in total. The molecule has 0 bridgehead atoms. The number of urea groups is 1. The van der Waals surface area contributed by atoms with Crippen molar-refractivity contribution in [2.75, 3.05) is 23.1 Å². The molecule has 7 heteroatoms. The average molecular weight is 314 g/mol. The van der Waals surface area contributed by atoms with E-state index in [4.69, 9.17) is 0 Å². The molecule has 1 heterocycles. The second kappa shape index (κ2) is 6.49. The van der Waals surface area contributed by atoms with Gasteiger partial charge in [0.2, 0.25) is 0 Å². The molecule has 0 spiro atoms. The SMILES string of the molecule is CS(=O)(=O)c1cccc(NC(=O)NC2CCSCC2)c1. The van der Waals surface area contributed by atoms with Crippen molar-refractivity contribution < 1.29 is 13.2 Å². The van der Waals surface area contributed by atoms with Crippen LogP contribution >= 0.6 is 11.8 Å². The molecule has 1 aliphatic heterocycles. The molecule has 0 aliphatic carbocycles. The summed E-state index contributed by atoms with van der Waals surface area (Å²) in [6.45, 7) is 0. The van der Waals surface area contributed by atoms with Gasteiger partial charge in [-0.25, -0.2) is 13.2 Å². The summed E-state index contributed by atoms with van der Waals surface area (Å²) in [7, 11) is -3.26. The highest BCUT2D eigenvalue weighted by molar-refractivity contribution is 7.99. The van der Waals surface area contributed by atoms with Crippen LogP contribution in [0, 0.1) is 0 Å². The van der Waals surface area contributed by atoms with E-state index in [-0.39, 0.29) is 17.0 Å². The van der Waals surface area contributed by atoms with Crippen LogP contribution in [0.2, 0.25) is 0 Å². The van der Waals surface area contributed by atoms with Crippen LogP contribution in [-0.4, -0.2) is 38.3 Å². The van der Waals surface area contributed by atoms with Crippen molar-refractivity contribution in [3.63, 3.8) is 0 Å². The molecule has 2 N–H and O–H groups in total. The Bertz CT molecular complexity index is 581. The number of amides is 2. The van der Waals surface area contributed by atoms with Crippen LogP contribution in [-0.2, 0) is 9.84 Å². The first-order valence-electron chi connectivity index (χ1n) is 6.40. The van der Waals surface area contributed by atoms with Crippen molar-refractivity contribution in [3.8, 4) is 0 Å². The van der Waals surface area contributed by atoms with Crippen LogP contribution in [0.5, 0.6) is 0 Å². The monoisotopic (exact) mass is 314 g/mol. The molecule has 110 valence electrons. The Balaban J connectivity index is 1.97. The minimum Gasteiger partial charge on any atom is -0.335 e. The third-order valence-corrected chi connectivity index (χ3v) is 5.24. The molecule has 0 saturated carbocycles. The van der Waals surface area contributed by atoms with E-state index < -0.39 is 9.84 Å². The van der Waals surface area contributed by atoms with Gasteiger partial charge in [0.1, 0.15) is 0 Å². The lowest BCUT2D eigenvalue weighted by Crippen LogP contribution is -2.39. The fourth-order valence-electron chi connectivity index (χ4n) is 2.00. The average Bonchev–Trinajstić information content (AvgIpc) is 2.39. The summed E-state index contributed by atoms with van der Waals surface area (Å²) in [6, 6.07) is 6.18. The largest absolute Gasteiger partial charge is 0.335 e. The molecule has 0 radical (unpaired) electrons. The highest BCUT2D eigenvalue weighted by Gasteiger charge is 2.16. The van der Waals surface area contributed by atoms with Gasteiger partial charge in [0, 0.05) is 18.0 Å². The Morgan fingerprint density at radius 1 is 1.30 bits per heavy atom. The molecule has 20 heavy (non-hydrogen) atoms. The molecule has 0 atom stereocenters. The van der Waals surface area contributed by atoms with Gasteiger partial charge in [0.15, 0.2) is 9.84 Å². The van der Waals surface area contributed by atoms with Gasteiger partial charge in [-0.2, -0.15) is 11.8 Å². The molecule has 1 aromatic rings. The fraction of sp³-hybridized carbons (Fsp3) is 0.462. The third kappa shape index (κ3) is 4.42. The molecule has 2 rings (SSSR count). The molecular weight excluding hydrogens is 296 g/mol. The number of benzene rings is 1. The van der Waals surface area contributed by atoms with Crippen molar-refractivity contribution in [2.45, 2.75) is 23.8 Å². The van der Waals surface area contributed by atoms with Crippen LogP contribution in [0.15, 0.2) is 29.2 Å². The Kier molecular flexibility index (Phi) is 4.93. The molecule has 1 aromatic carbocycles. The number of hydrogen-bond acceptors (Lipinski definition) is 4. The van der Waals surface area contributed by atoms with Crippen LogP contribution in [0.1, 0.15) is 12.8 Å². The molecule has 2 amide bonds. The number of carbonyl (C=O) groups excluding carboxylic acids is 1. The van der Waals surface area contributed by atoms with Crippen molar-refractivity contribution >= 4 is 33.3 Å². The summed E-state index contributed by atoms with van der Waals surface area (Å²) >= 11 is 1.90. The maximum absolute atomic E-state index is 11.9. The van der Waals surface area contributed by atoms with Gasteiger partial charge in [-0.3, -0.25) is 0 Å². The Hall–Kier alpha value is -1.21. The van der Waals surface area contributed by atoms with Gasteiger partial charge >= 0.3 is 6.03 Å². The minimum atomic E-state index is -3.26. The second-order valence-corrected chi connectivity index (χ2v) is 8.03. The van der Waals surface area contributed by atoms with Gasteiger partial charge in [0.25, 0.3) is 0 Å². The molecule has 1 aliphatic rings. The summed E-state index contributed by atoms with van der Waals surface area (Å²) in [5.74, 6) is 2.13. The van der Waals surface area contributed by atoms with Crippen molar-refractivity contribution in [1.29, 1.82) is 0 Å². The lowest BCUT2D eigenvalue weighted by Gasteiger charge is -2.22. The number of sulfone groups is 1. The molecule has 1 fully saturated rings. The number of thioether (sulfide) groups is 1. The van der Waals surface area contributed by atoms with Gasteiger partial charge in [-0.05, 0) is 42.5 Å². The Labute approximate surface area is 123 Å². The van der Waals surface area contributed by atoms with Crippen molar-refractivity contribution in [1.82, 2.24) is 5.32 Å². The summed E-state index contributed by atoms with van der Waals surface area (Å²) in [5.41, 5.74) is 0.482. The zero-order chi connectivity index (χ0) is 14.6. The molecule has 0 aromatic heterocycles. The zero-order valence-electron chi connectivity index (χ0n) is 11.3. The quantitative estimate of drug-likeness (QED) is 0.896. The van der Waals surface area contributed by atoms with E-state index in [0.717, 1.165) is 30.6 Å². The number of carbonyl (C=O) groups is 1. The van der Waals surface area contributed by atoms with Crippen LogP contribution in [0.25, 0.3) is 0 Å². The maximum Gasteiger partial charge on any atom is 0.319 e. The summed E-state index contributed by atoms with van der Waals surface area (Å²) in [6.07, 6.45) is 3.09. The standard InChI is InChI=1S/C13H18N2O3S2/c1-20(17,18)12-4-2-3-11(9-12)15-13(16)14-10-5-7-19-8-6-10/h2-4,9-10H,5-8H2,1H3,(H2,14,15,16). The lowest BCUT2D eigenvalue weighted by molar-refractivity contribution is 0.247. The number of rotatable bonds is 3. The summed E-state index contributed by atoms with van der Waals surface area (Å²) < 4.78 is 22.9. The maximum atomic E-state index is 11.9. The fourth-order valence-corrected chi connectivity index (χ4v) is 3.77. The summed E-state index contributed by atoms with van der Waals surface area (Å²) in [5, 5.41) is 5.59. The first-order chi connectivity index (χ1) is 9.45. The highest BCUT2D eigenvalue weighted by atomic mass is 32.2. The predicted molar refractivity (Wildman–Crippen MR) is 82.1 cm³/mol. The summed E-state index contributed by atoms with van der Waals surface area (Å²) in [4.78, 5) is 12.1. The van der Waals surface area contributed by atoms with Gasteiger partial charge in [-0.15, -0.1) is 0 Å². The first-order valence-corrected chi connectivity index (χ1v) is 9.45. The van der Waals surface area contributed by atoms with Gasteiger partial charge in [-0.1, -0.05) is 6.07 Å². The second-order valence-electron chi connectivity index (χ2n) is 4.79. The molecular formula is C13H18N2O3S2.